The quantitative estimate of drug-likeness (QED) is 0.0198. The van der Waals surface area contributed by atoms with Crippen molar-refractivity contribution in [3.05, 3.63) is 197 Å². The Balaban J connectivity index is 0.000000176. The molecule has 0 aliphatic carbocycles. The van der Waals surface area contributed by atoms with Crippen LogP contribution in [-0.4, -0.2) is 81.6 Å². The third kappa shape index (κ3) is 13.5. The molecule has 0 spiro atoms. The van der Waals surface area contributed by atoms with Crippen molar-refractivity contribution >= 4 is 79.8 Å². The minimum atomic E-state index is -0.978. The maximum atomic E-state index is 12.4. The third-order valence-electron chi connectivity index (χ3n) is 10.9. The van der Waals surface area contributed by atoms with Crippen LogP contribution in [-0.2, 0) is 17.6 Å². The Labute approximate surface area is 433 Å². The van der Waals surface area contributed by atoms with E-state index in [0.29, 0.717) is 74.0 Å². The van der Waals surface area contributed by atoms with Gasteiger partial charge in [0.15, 0.2) is 0 Å². The van der Waals surface area contributed by atoms with Crippen molar-refractivity contribution in [3.63, 3.8) is 0 Å². The molecule has 9 rings (SSSR count). The first-order chi connectivity index (χ1) is 35.5. The van der Waals surface area contributed by atoms with Gasteiger partial charge < -0.3 is 45.1 Å². The minimum Gasteiger partial charge on any atom is -0.507 e. The van der Waals surface area contributed by atoms with Crippen molar-refractivity contribution < 1.29 is 34.3 Å². The zero-order valence-electron chi connectivity index (χ0n) is 38.8. The number of halogens is 3. The van der Waals surface area contributed by atoms with Crippen molar-refractivity contribution in [1.29, 1.82) is 0 Å². The van der Waals surface area contributed by atoms with Crippen LogP contribution in [0.2, 0.25) is 10.3 Å². The number of aromatic nitrogens is 6. The maximum Gasteiger partial charge on any atom is 0.409 e. The van der Waals surface area contributed by atoms with Crippen molar-refractivity contribution in [2.45, 2.75) is 24.9 Å². The predicted molar refractivity (Wildman–Crippen MR) is 279 cm³/mol. The lowest BCUT2D eigenvalue weighted by Gasteiger charge is -2.20. The van der Waals surface area contributed by atoms with E-state index in [0.717, 1.165) is 23.3 Å². The summed E-state index contributed by atoms with van der Waals surface area (Å²) in [4.78, 5) is 92.2. The van der Waals surface area contributed by atoms with Crippen LogP contribution in [0.3, 0.4) is 0 Å². The van der Waals surface area contributed by atoms with Gasteiger partial charge in [-0.25, -0.2) is 24.4 Å². The zero-order chi connectivity index (χ0) is 53.1. The van der Waals surface area contributed by atoms with Gasteiger partial charge in [-0.1, -0.05) is 96.0 Å². The summed E-state index contributed by atoms with van der Waals surface area (Å²) in [5, 5.41) is 35.0. The van der Waals surface area contributed by atoms with Gasteiger partial charge in [-0.05, 0) is 53.9 Å². The van der Waals surface area contributed by atoms with Gasteiger partial charge >= 0.3 is 11.5 Å². The number of nitro groups is 1. The van der Waals surface area contributed by atoms with E-state index < -0.39 is 28.0 Å². The number of hydrogen-bond donors (Lipinski definition) is 7. The van der Waals surface area contributed by atoms with Crippen LogP contribution in [0.5, 0.6) is 17.2 Å². The van der Waals surface area contributed by atoms with Crippen LogP contribution < -0.4 is 21.2 Å². The SMILES string of the molecule is CN(C)C(=O)N[C@@H](Cc1ccccc1)c1nc(-c2ccc3[nH]c(=O)cc(O)c3c2)c(Cl)[nH]1.O=C(Cl)Oc1ccc([N+](=O)[O-])cc1.O=C=N[C@@H](Cc1ccccc1)c1nc(-c2ccc3[nH]c(=O)cc(O)c3c2)c(Cl)[nH]1. The van der Waals surface area contributed by atoms with Crippen LogP contribution in [0.25, 0.3) is 44.3 Å². The highest BCUT2D eigenvalue weighted by molar-refractivity contribution is 6.61. The Morgan fingerprint density at radius 2 is 1.22 bits per heavy atom. The molecule has 0 aliphatic heterocycles. The summed E-state index contributed by atoms with van der Waals surface area (Å²) < 4.78 is 4.45. The molecule has 2 atom stereocenters. The minimum absolute atomic E-state index is 0.0747. The van der Waals surface area contributed by atoms with Gasteiger partial charge in [0.2, 0.25) is 6.08 Å². The molecule has 0 unspecified atom stereocenters. The second-order valence-electron chi connectivity index (χ2n) is 16.2. The van der Waals surface area contributed by atoms with E-state index in [1.807, 2.05) is 60.7 Å². The number of nitrogens with one attached hydrogen (secondary N) is 5. The van der Waals surface area contributed by atoms with Crippen LogP contribution in [0, 0.1) is 10.1 Å². The highest BCUT2D eigenvalue weighted by Crippen LogP contribution is 2.34. The first-order valence-corrected chi connectivity index (χ1v) is 23.1. The number of ether oxygens (including phenoxy) is 1. The number of aromatic hydroxyl groups is 2. The van der Waals surface area contributed by atoms with Crippen LogP contribution in [0.4, 0.5) is 15.3 Å². The van der Waals surface area contributed by atoms with Gasteiger partial charge in [-0.15, -0.1) is 0 Å². The van der Waals surface area contributed by atoms with Gasteiger partial charge in [0, 0.05) is 78.3 Å². The van der Waals surface area contributed by atoms with Gasteiger partial charge in [-0.3, -0.25) is 19.7 Å². The molecule has 9 aromatic rings. The number of non-ortho nitro benzene ring substituents is 1. The molecular weight excluding hydrogens is 1020 g/mol. The van der Waals surface area contributed by atoms with Crippen molar-refractivity contribution in [2.24, 2.45) is 4.99 Å². The summed E-state index contributed by atoms with van der Waals surface area (Å²) in [5.41, 5.74) is 3.43. The van der Waals surface area contributed by atoms with E-state index in [9.17, 15) is 44.3 Å². The first kappa shape index (κ1) is 52.7. The number of nitro benzene ring substituents is 1. The number of amides is 2. The fraction of sp³-hybridized carbons (Fsp3) is 0.118. The highest BCUT2D eigenvalue weighted by atomic mass is 35.5. The molecule has 0 bridgehead atoms. The maximum absolute atomic E-state index is 12.4. The number of isocyanates is 1. The van der Waals surface area contributed by atoms with E-state index in [1.54, 1.807) is 56.6 Å². The fourth-order valence-electron chi connectivity index (χ4n) is 7.39. The molecule has 4 aromatic heterocycles. The number of rotatable bonds is 12. The average molecular weight is 1060 g/mol. The number of pyridine rings is 2. The number of carbonyl (C=O) groups excluding carboxylic acids is 3. The molecule has 0 saturated carbocycles. The molecule has 0 aliphatic rings. The number of hydrogen-bond acceptors (Lipinski definition) is 13. The molecule has 74 heavy (non-hydrogen) atoms. The zero-order valence-corrected chi connectivity index (χ0v) is 41.1. The van der Waals surface area contributed by atoms with Gasteiger partial charge in [-0.2, -0.15) is 4.99 Å². The molecule has 0 fully saturated rings. The third-order valence-corrected chi connectivity index (χ3v) is 11.5. The molecule has 0 saturated heterocycles. The number of benzene rings is 5. The van der Waals surface area contributed by atoms with E-state index >= 15 is 0 Å². The lowest BCUT2D eigenvalue weighted by atomic mass is 10.1. The Kier molecular flexibility index (Phi) is 17.0. The monoisotopic (exact) mass is 1060 g/mol. The van der Waals surface area contributed by atoms with Crippen molar-refractivity contribution in [3.8, 4) is 39.8 Å². The Morgan fingerprint density at radius 1 is 0.730 bits per heavy atom. The van der Waals surface area contributed by atoms with Crippen molar-refractivity contribution in [2.75, 3.05) is 14.1 Å². The summed E-state index contributed by atoms with van der Waals surface area (Å²) in [6.07, 6.45) is 2.57. The Morgan fingerprint density at radius 3 is 1.69 bits per heavy atom. The molecule has 0 radical (unpaired) electrons. The number of H-pyrrole nitrogens is 4. The largest absolute Gasteiger partial charge is 0.507 e. The summed E-state index contributed by atoms with van der Waals surface area (Å²) in [7, 11) is 3.34. The first-order valence-electron chi connectivity index (χ1n) is 21.9. The van der Waals surface area contributed by atoms with Crippen LogP contribution >= 0.6 is 34.8 Å². The number of aliphatic imine (C=N–C) groups is 1. The van der Waals surface area contributed by atoms with E-state index in [1.165, 1.54) is 29.2 Å². The van der Waals surface area contributed by atoms with Gasteiger partial charge in [0.25, 0.3) is 16.8 Å². The number of fused-ring (bicyclic) bond motifs is 2. The second-order valence-corrected chi connectivity index (χ2v) is 17.3. The molecule has 5 aromatic carbocycles. The van der Waals surface area contributed by atoms with Gasteiger partial charge in [0.1, 0.15) is 56.6 Å². The fourth-order valence-corrected chi connectivity index (χ4v) is 7.97. The number of urea groups is 1. The Hall–Kier alpha value is -9.07. The molecular formula is C51H41Cl3N10O10. The number of carbonyl (C=O) groups is 2. The molecule has 7 N–H and O–H groups in total. The molecule has 376 valence electrons. The van der Waals surface area contributed by atoms with Crippen LogP contribution in [0.15, 0.2) is 148 Å². The molecule has 23 heteroatoms. The lowest BCUT2D eigenvalue weighted by molar-refractivity contribution is -0.384. The molecule has 2 amide bonds. The normalized spacial score (nSPS) is 11.5. The summed E-state index contributed by atoms with van der Waals surface area (Å²) in [6.45, 7) is 0. The average Bonchev–Trinajstić information content (AvgIpc) is 3.96. The summed E-state index contributed by atoms with van der Waals surface area (Å²) in [5.74, 6) is 0.853. The number of imidazole rings is 2. The van der Waals surface area contributed by atoms with Gasteiger partial charge in [0.05, 0.1) is 22.0 Å². The van der Waals surface area contributed by atoms with E-state index in [-0.39, 0.29) is 39.7 Å². The topological polar surface area (TPSA) is 295 Å². The Bertz CT molecular complexity index is 3660. The number of aromatic amines is 4. The predicted octanol–water partition coefficient (Wildman–Crippen LogP) is 10.1. The van der Waals surface area contributed by atoms with Crippen LogP contribution in [0.1, 0.15) is 34.9 Å². The van der Waals surface area contributed by atoms with Crippen molar-refractivity contribution in [1.82, 2.24) is 40.1 Å². The highest BCUT2D eigenvalue weighted by Gasteiger charge is 2.23. The van der Waals surface area contributed by atoms with E-state index in [4.69, 9.17) is 34.8 Å². The summed E-state index contributed by atoms with van der Waals surface area (Å²) in [6, 6.07) is 35.6. The number of nitrogens with zero attached hydrogens (tertiary/aromatic N) is 5. The van der Waals surface area contributed by atoms with E-state index in [2.05, 4.69) is 44.9 Å². The lowest BCUT2D eigenvalue weighted by Crippen LogP contribution is -2.38. The summed E-state index contributed by atoms with van der Waals surface area (Å²) >= 11 is 17.8. The molecule has 20 nitrogen and oxygen atoms in total. The molecule has 4 heterocycles. The standard InChI is InChI=1S/C23H22ClN5O3.C21H15ClN4O3.C7H4ClNO4/c1-29(2)23(32)26-17(10-13-6-4-3-5-7-13)22-27-20(21(24)28-22)14-8-9-16-15(11-14)18(30)12-19(31)25-16;22-20-19(13-6-7-15-14(9-13)17(28)10-18(29)24-15)25-21(26-20)16(23-11-27)8-12-4-2-1-3-5-12;8-7(10)13-6-3-1-5(2-4-6)9(11)12/h3-9,11-12,17H,10H2,1-2H3,(H,26,32)(H,27,28)(H2,25,30,31);1-7,9-10,16H,8H2,(H,25,26)(H2,24,28,29);1-4H/t17-;16-;/m00./s1. The smallest absolute Gasteiger partial charge is 0.409 e. The second kappa shape index (κ2) is 23.9.